The minimum atomic E-state index is 1.07. The van der Waals surface area contributed by atoms with E-state index in [2.05, 4.69) is 99.1 Å². The molecule has 0 amide bonds. The Labute approximate surface area is 182 Å². The molecule has 0 spiro atoms. The van der Waals surface area contributed by atoms with Crippen molar-refractivity contribution in [1.29, 1.82) is 0 Å². The van der Waals surface area contributed by atoms with Crippen molar-refractivity contribution >= 4 is 44.4 Å². The Morgan fingerprint density at radius 2 is 1.50 bits per heavy atom. The Morgan fingerprint density at radius 1 is 0.833 bits per heavy atom. The fraction of sp³-hybridized carbons (Fsp3) is 0.0714. The SMILES string of the molecule is C=CC(=C(C)C)c1sc2cc(Nc3ccc(-c4ccccc4)cc3)ccc2c1C=C. The van der Waals surface area contributed by atoms with Crippen LogP contribution in [-0.4, -0.2) is 0 Å². The second kappa shape index (κ2) is 8.56. The van der Waals surface area contributed by atoms with E-state index in [0.29, 0.717) is 0 Å². The van der Waals surface area contributed by atoms with E-state index in [1.807, 2.05) is 18.2 Å². The first kappa shape index (κ1) is 19.9. The lowest BCUT2D eigenvalue weighted by molar-refractivity contribution is 1.40. The standard InChI is InChI=1S/C28H25NS/c1-5-24(19(3)4)28-25(6-2)26-17-16-23(18-27(26)30-28)29-22-14-12-21(13-15-22)20-10-8-7-9-11-20/h5-18,29H,1-2H2,3-4H3. The third kappa shape index (κ3) is 3.87. The average Bonchev–Trinajstić information content (AvgIpc) is 3.12. The highest BCUT2D eigenvalue weighted by Gasteiger charge is 2.13. The molecule has 0 radical (unpaired) electrons. The van der Waals surface area contributed by atoms with Gasteiger partial charge in [0.2, 0.25) is 0 Å². The van der Waals surface area contributed by atoms with Crippen LogP contribution in [-0.2, 0) is 0 Å². The summed E-state index contributed by atoms with van der Waals surface area (Å²) in [5.74, 6) is 0. The van der Waals surface area contributed by atoms with Crippen LogP contribution in [0.4, 0.5) is 11.4 Å². The number of thiophene rings is 1. The molecule has 2 heteroatoms. The molecule has 0 saturated heterocycles. The van der Waals surface area contributed by atoms with Crippen molar-refractivity contribution in [2.24, 2.45) is 0 Å². The van der Waals surface area contributed by atoms with Gasteiger partial charge in [-0.15, -0.1) is 11.3 Å². The van der Waals surface area contributed by atoms with Gasteiger partial charge in [0.25, 0.3) is 0 Å². The summed E-state index contributed by atoms with van der Waals surface area (Å²) in [6, 6.07) is 25.5. The van der Waals surface area contributed by atoms with Gasteiger partial charge in [-0.05, 0) is 54.8 Å². The lowest BCUT2D eigenvalue weighted by Gasteiger charge is -2.08. The van der Waals surface area contributed by atoms with E-state index in [1.54, 1.807) is 11.3 Å². The maximum absolute atomic E-state index is 4.05. The molecule has 148 valence electrons. The van der Waals surface area contributed by atoms with Crippen LogP contribution >= 0.6 is 11.3 Å². The molecule has 0 aliphatic heterocycles. The zero-order chi connectivity index (χ0) is 21.1. The molecule has 0 atom stereocenters. The number of rotatable bonds is 6. The van der Waals surface area contributed by atoms with Crippen LogP contribution in [0.1, 0.15) is 24.3 Å². The fourth-order valence-corrected chi connectivity index (χ4v) is 5.06. The third-order valence-corrected chi connectivity index (χ3v) is 6.40. The highest BCUT2D eigenvalue weighted by molar-refractivity contribution is 7.20. The Bertz CT molecular complexity index is 1240. The lowest BCUT2D eigenvalue weighted by Crippen LogP contribution is -1.89. The Balaban J connectivity index is 1.65. The third-order valence-electron chi connectivity index (χ3n) is 5.20. The van der Waals surface area contributed by atoms with Gasteiger partial charge in [0.05, 0.1) is 0 Å². The van der Waals surface area contributed by atoms with Crippen LogP contribution in [0, 0.1) is 0 Å². The van der Waals surface area contributed by atoms with Gasteiger partial charge in [-0.2, -0.15) is 0 Å². The zero-order valence-corrected chi connectivity index (χ0v) is 18.2. The van der Waals surface area contributed by atoms with Gasteiger partial charge in [-0.3, -0.25) is 0 Å². The summed E-state index contributed by atoms with van der Waals surface area (Å²) < 4.78 is 1.24. The van der Waals surface area contributed by atoms with Crippen LogP contribution in [0.3, 0.4) is 0 Å². The van der Waals surface area contributed by atoms with Crippen LogP contribution in [0.2, 0.25) is 0 Å². The first-order valence-electron chi connectivity index (χ1n) is 10.0. The molecule has 4 aromatic rings. The summed E-state index contributed by atoms with van der Waals surface area (Å²) in [7, 11) is 0. The second-order valence-corrected chi connectivity index (χ2v) is 8.50. The Kier molecular flexibility index (Phi) is 5.69. The van der Waals surface area contributed by atoms with E-state index in [4.69, 9.17) is 0 Å². The number of hydrogen-bond donors (Lipinski definition) is 1. The maximum Gasteiger partial charge on any atom is 0.0426 e. The predicted octanol–water partition coefficient (Wildman–Crippen LogP) is 8.93. The van der Waals surface area contributed by atoms with Crippen molar-refractivity contribution in [3.63, 3.8) is 0 Å². The molecular formula is C28H25NS. The quantitative estimate of drug-likeness (QED) is 0.315. The van der Waals surface area contributed by atoms with Gasteiger partial charge >= 0.3 is 0 Å². The van der Waals surface area contributed by atoms with Gasteiger partial charge in [-0.25, -0.2) is 0 Å². The first-order chi connectivity index (χ1) is 14.6. The number of allylic oxidation sites excluding steroid dienone is 3. The van der Waals surface area contributed by atoms with Gasteiger partial charge in [0, 0.05) is 31.9 Å². The molecule has 1 aromatic heterocycles. The summed E-state index contributed by atoms with van der Waals surface area (Å²) in [4.78, 5) is 1.24. The molecule has 1 heterocycles. The van der Waals surface area contributed by atoms with Crippen molar-refractivity contribution in [3.05, 3.63) is 108 Å². The van der Waals surface area contributed by atoms with Crippen molar-refractivity contribution in [1.82, 2.24) is 0 Å². The van der Waals surface area contributed by atoms with E-state index in [-0.39, 0.29) is 0 Å². The van der Waals surface area contributed by atoms with Crippen LogP contribution < -0.4 is 5.32 Å². The Morgan fingerprint density at radius 3 is 2.13 bits per heavy atom. The summed E-state index contributed by atoms with van der Waals surface area (Å²) in [6.45, 7) is 12.3. The van der Waals surface area contributed by atoms with Crippen molar-refractivity contribution < 1.29 is 0 Å². The Hall–Kier alpha value is -3.36. The smallest absolute Gasteiger partial charge is 0.0426 e. The van der Waals surface area contributed by atoms with Crippen molar-refractivity contribution in [2.75, 3.05) is 5.32 Å². The zero-order valence-electron chi connectivity index (χ0n) is 17.4. The van der Waals surface area contributed by atoms with Gasteiger partial charge in [-0.1, -0.05) is 79.4 Å². The molecule has 0 aliphatic carbocycles. The van der Waals surface area contributed by atoms with Crippen molar-refractivity contribution in [3.8, 4) is 11.1 Å². The molecular weight excluding hydrogens is 382 g/mol. The molecule has 0 aliphatic rings. The predicted molar refractivity (Wildman–Crippen MR) is 136 cm³/mol. The molecule has 4 rings (SSSR count). The van der Waals surface area contributed by atoms with Gasteiger partial charge in [0.1, 0.15) is 0 Å². The molecule has 0 fully saturated rings. The van der Waals surface area contributed by atoms with E-state index < -0.39 is 0 Å². The van der Waals surface area contributed by atoms with E-state index in [0.717, 1.165) is 11.4 Å². The summed E-state index contributed by atoms with van der Waals surface area (Å²) in [5, 5.41) is 4.77. The number of nitrogens with one attached hydrogen (secondary N) is 1. The average molecular weight is 408 g/mol. The van der Waals surface area contributed by atoms with Crippen molar-refractivity contribution in [2.45, 2.75) is 13.8 Å². The van der Waals surface area contributed by atoms with E-state index in [1.165, 1.54) is 42.8 Å². The van der Waals surface area contributed by atoms with E-state index >= 15 is 0 Å². The second-order valence-electron chi connectivity index (χ2n) is 7.45. The number of hydrogen-bond acceptors (Lipinski definition) is 2. The largest absolute Gasteiger partial charge is 0.355 e. The minimum Gasteiger partial charge on any atom is -0.355 e. The molecule has 3 aromatic carbocycles. The molecule has 30 heavy (non-hydrogen) atoms. The monoisotopic (exact) mass is 407 g/mol. The van der Waals surface area contributed by atoms with Gasteiger partial charge in [0.15, 0.2) is 0 Å². The number of fused-ring (bicyclic) bond motifs is 1. The van der Waals surface area contributed by atoms with Crippen LogP contribution in [0.15, 0.2) is 97.6 Å². The first-order valence-corrected chi connectivity index (χ1v) is 10.8. The summed E-state index contributed by atoms with van der Waals surface area (Å²) in [6.07, 6.45) is 3.90. The van der Waals surface area contributed by atoms with Crippen LogP contribution in [0.25, 0.3) is 32.9 Å². The summed E-state index contributed by atoms with van der Waals surface area (Å²) in [5.41, 5.74) is 8.24. The molecule has 0 bridgehead atoms. The van der Waals surface area contributed by atoms with Crippen LogP contribution in [0.5, 0.6) is 0 Å². The molecule has 0 saturated carbocycles. The molecule has 0 unspecified atom stereocenters. The number of anilines is 2. The minimum absolute atomic E-state index is 1.07. The lowest BCUT2D eigenvalue weighted by atomic mass is 10.0. The van der Waals surface area contributed by atoms with Gasteiger partial charge < -0.3 is 5.32 Å². The normalized spacial score (nSPS) is 10.6. The van der Waals surface area contributed by atoms with E-state index in [9.17, 15) is 0 Å². The molecule has 1 N–H and O–H groups in total. The highest BCUT2D eigenvalue weighted by atomic mass is 32.1. The number of benzene rings is 3. The summed E-state index contributed by atoms with van der Waals surface area (Å²) >= 11 is 1.79. The topological polar surface area (TPSA) is 12.0 Å². The maximum atomic E-state index is 4.05. The molecule has 1 nitrogen and oxygen atoms in total. The highest BCUT2D eigenvalue weighted by Crippen LogP contribution is 2.39. The fourth-order valence-electron chi connectivity index (χ4n) is 3.66.